The van der Waals surface area contributed by atoms with E-state index in [1.54, 1.807) is 0 Å². The number of hydrogen-bond donors (Lipinski definition) is 0. The van der Waals surface area contributed by atoms with Crippen LogP contribution in [-0.4, -0.2) is 44.5 Å². The summed E-state index contributed by atoms with van der Waals surface area (Å²) in [7, 11) is 3.96. The van der Waals surface area contributed by atoms with Gasteiger partial charge in [0.15, 0.2) is 5.82 Å². The summed E-state index contributed by atoms with van der Waals surface area (Å²) in [6.45, 7) is 1.96. The number of nitrogens with zero attached hydrogens (tertiary/aromatic N) is 6. The number of rotatable bonds is 4. The average molecular weight is 340 g/mol. The van der Waals surface area contributed by atoms with Crippen LogP contribution in [0.15, 0.2) is 30.3 Å². The lowest BCUT2D eigenvalue weighted by molar-refractivity contribution is 0.244. The van der Waals surface area contributed by atoms with E-state index >= 15 is 0 Å². The van der Waals surface area contributed by atoms with Crippen LogP contribution < -0.4 is 4.90 Å². The van der Waals surface area contributed by atoms with E-state index in [2.05, 4.69) is 42.0 Å². The molecular formula is C17H20N6S. The van der Waals surface area contributed by atoms with Gasteiger partial charge in [0.05, 0.1) is 23.5 Å². The summed E-state index contributed by atoms with van der Waals surface area (Å²) < 4.78 is 8.80. The van der Waals surface area contributed by atoms with Crippen molar-refractivity contribution in [2.45, 2.75) is 25.4 Å². The molecule has 0 radical (unpaired) electrons. The molecule has 0 aliphatic carbocycles. The zero-order valence-electron chi connectivity index (χ0n) is 13.9. The van der Waals surface area contributed by atoms with Crippen LogP contribution in [-0.2, 0) is 6.54 Å². The van der Waals surface area contributed by atoms with Gasteiger partial charge in [-0.25, -0.2) is 0 Å². The molecule has 1 fully saturated rings. The normalized spacial score (nSPS) is 18.3. The summed E-state index contributed by atoms with van der Waals surface area (Å²) >= 11 is 1.28. The van der Waals surface area contributed by atoms with Gasteiger partial charge < -0.3 is 4.90 Å². The largest absolute Gasteiger partial charge is 0.361 e. The molecule has 4 rings (SSSR count). The van der Waals surface area contributed by atoms with Gasteiger partial charge in [0.25, 0.3) is 0 Å². The first-order chi connectivity index (χ1) is 11.7. The van der Waals surface area contributed by atoms with Crippen LogP contribution in [0.5, 0.6) is 0 Å². The van der Waals surface area contributed by atoms with Crippen molar-refractivity contribution < 1.29 is 0 Å². The Kier molecular flexibility index (Phi) is 4.12. The quantitative estimate of drug-likeness (QED) is 0.728. The third kappa shape index (κ3) is 2.85. The molecule has 2 aromatic heterocycles. The number of hydrogen-bond acceptors (Lipinski definition) is 7. The minimum Gasteiger partial charge on any atom is -0.361 e. The van der Waals surface area contributed by atoms with Gasteiger partial charge in [0, 0.05) is 20.6 Å². The monoisotopic (exact) mass is 340 g/mol. The first-order valence-electron chi connectivity index (χ1n) is 8.17. The van der Waals surface area contributed by atoms with E-state index in [0.717, 1.165) is 42.1 Å². The van der Waals surface area contributed by atoms with Crippen molar-refractivity contribution in [2.24, 2.45) is 0 Å². The first-order valence-corrected chi connectivity index (χ1v) is 8.90. The molecule has 1 atom stereocenters. The summed E-state index contributed by atoms with van der Waals surface area (Å²) in [5.74, 6) is 0.890. The van der Waals surface area contributed by atoms with Gasteiger partial charge in [-0.1, -0.05) is 12.1 Å². The van der Waals surface area contributed by atoms with Gasteiger partial charge in [0.2, 0.25) is 0 Å². The van der Waals surface area contributed by atoms with Crippen molar-refractivity contribution in [3.05, 3.63) is 41.6 Å². The zero-order valence-corrected chi connectivity index (χ0v) is 14.7. The second-order valence-corrected chi connectivity index (χ2v) is 6.92. The summed E-state index contributed by atoms with van der Waals surface area (Å²) in [6, 6.07) is 10.7. The molecule has 1 saturated heterocycles. The Morgan fingerprint density at radius 2 is 2.08 bits per heavy atom. The molecule has 0 N–H and O–H groups in total. The molecule has 1 aromatic carbocycles. The van der Waals surface area contributed by atoms with E-state index in [1.807, 2.05) is 31.1 Å². The first kappa shape index (κ1) is 15.4. The summed E-state index contributed by atoms with van der Waals surface area (Å²) in [6.07, 6.45) is 2.31. The fourth-order valence-electron chi connectivity index (χ4n) is 3.31. The SMILES string of the molecule is CN(C)c1ccc(C2CCCN2Cc2cccc3nsnc23)nn1. The lowest BCUT2D eigenvalue weighted by Gasteiger charge is -2.24. The maximum absolute atomic E-state index is 4.47. The second kappa shape index (κ2) is 6.41. The molecule has 24 heavy (non-hydrogen) atoms. The van der Waals surface area contributed by atoms with Crippen LogP contribution in [0.25, 0.3) is 11.0 Å². The molecule has 3 heterocycles. The fraction of sp³-hybridized carbons (Fsp3) is 0.412. The molecule has 3 aromatic rings. The Balaban J connectivity index is 1.57. The topological polar surface area (TPSA) is 58.0 Å². The zero-order chi connectivity index (χ0) is 16.5. The van der Waals surface area contributed by atoms with Crippen LogP contribution in [0.3, 0.4) is 0 Å². The van der Waals surface area contributed by atoms with Crippen molar-refractivity contribution in [1.29, 1.82) is 0 Å². The van der Waals surface area contributed by atoms with Crippen molar-refractivity contribution in [1.82, 2.24) is 23.8 Å². The molecule has 1 aliphatic heterocycles. The summed E-state index contributed by atoms with van der Waals surface area (Å²) in [5, 5.41) is 8.80. The third-order valence-corrected chi connectivity index (χ3v) is 5.12. The minimum absolute atomic E-state index is 0.329. The number of benzene rings is 1. The lowest BCUT2D eigenvalue weighted by Crippen LogP contribution is -2.24. The number of likely N-dealkylation sites (tertiary alicyclic amines) is 1. The predicted octanol–water partition coefficient (Wildman–Crippen LogP) is 2.88. The fourth-order valence-corrected chi connectivity index (χ4v) is 3.88. The highest BCUT2D eigenvalue weighted by Crippen LogP contribution is 2.33. The van der Waals surface area contributed by atoms with E-state index in [0.29, 0.717) is 6.04 Å². The van der Waals surface area contributed by atoms with E-state index in [-0.39, 0.29) is 0 Å². The molecule has 0 bridgehead atoms. The number of fused-ring (bicyclic) bond motifs is 1. The van der Waals surface area contributed by atoms with Gasteiger partial charge in [-0.05, 0) is 43.1 Å². The minimum atomic E-state index is 0.329. The van der Waals surface area contributed by atoms with Crippen molar-refractivity contribution in [2.75, 3.05) is 25.5 Å². The Hall–Kier alpha value is -2.12. The van der Waals surface area contributed by atoms with Gasteiger partial charge in [0.1, 0.15) is 11.0 Å². The van der Waals surface area contributed by atoms with Crippen molar-refractivity contribution in [3.8, 4) is 0 Å². The highest BCUT2D eigenvalue weighted by Gasteiger charge is 2.28. The van der Waals surface area contributed by atoms with Crippen LogP contribution in [0.2, 0.25) is 0 Å². The van der Waals surface area contributed by atoms with Crippen LogP contribution in [0.1, 0.15) is 30.1 Å². The maximum Gasteiger partial charge on any atom is 0.150 e. The predicted molar refractivity (Wildman–Crippen MR) is 96.2 cm³/mol. The van der Waals surface area contributed by atoms with Gasteiger partial charge in [-0.2, -0.15) is 13.8 Å². The number of anilines is 1. The number of aromatic nitrogens is 4. The molecule has 0 saturated carbocycles. The van der Waals surface area contributed by atoms with Crippen molar-refractivity contribution >= 4 is 28.6 Å². The van der Waals surface area contributed by atoms with Gasteiger partial charge in [-0.3, -0.25) is 4.90 Å². The van der Waals surface area contributed by atoms with E-state index in [4.69, 9.17) is 0 Å². The average Bonchev–Trinajstić information content (AvgIpc) is 3.24. The maximum atomic E-state index is 4.47. The Morgan fingerprint density at radius 3 is 2.88 bits per heavy atom. The Bertz CT molecular complexity index is 828. The van der Waals surface area contributed by atoms with E-state index in [9.17, 15) is 0 Å². The highest BCUT2D eigenvalue weighted by molar-refractivity contribution is 7.00. The third-order valence-electron chi connectivity index (χ3n) is 4.58. The smallest absolute Gasteiger partial charge is 0.150 e. The molecule has 1 aliphatic rings. The molecular weight excluding hydrogens is 320 g/mol. The van der Waals surface area contributed by atoms with Gasteiger partial charge >= 0.3 is 0 Å². The molecule has 1 unspecified atom stereocenters. The molecule has 6 nitrogen and oxygen atoms in total. The van der Waals surface area contributed by atoms with Gasteiger partial charge in [-0.15, -0.1) is 5.10 Å². The van der Waals surface area contributed by atoms with Crippen LogP contribution >= 0.6 is 11.7 Å². The van der Waals surface area contributed by atoms with E-state index in [1.165, 1.54) is 23.7 Å². The van der Waals surface area contributed by atoms with E-state index < -0.39 is 0 Å². The summed E-state index contributed by atoms with van der Waals surface area (Å²) in [4.78, 5) is 4.45. The van der Waals surface area contributed by atoms with Crippen molar-refractivity contribution in [3.63, 3.8) is 0 Å². The molecule has 124 valence electrons. The Morgan fingerprint density at radius 1 is 1.17 bits per heavy atom. The second-order valence-electron chi connectivity index (χ2n) is 6.39. The Labute approximate surface area is 145 Å². The summed E-state index contributed by atoms with van der Waals surface area (Å²) in [5.41, 5.74) is 4.32. The molecule has 7 heteroatoms. The molecule has 0 amide bonds. The molecule has 0 spiro atoms. The van der Waals surface area contributed by atoms with Crippen LogP contribution in [0.4, 0.5) is 5.82 Å². The lowest BCUT2D eigenvalue weighted by atomic mass is 10.1. The standard InChI is InChI=1S/C17H20N6S/c1-22(2)16-9-8-13(18-19-16)15-7-4-10-23(15)11-12-5-3-6-14-17(12)21-24-20-14/h3,5-6,8-9,15H,4,7,10-11H2,1-2H3. The highest BCUT2D eigenvalue weighted by atomic mass is 32.1. The van der Waals surface area contributed by atoms with Crippen LogP contribution in [0, 0.1) is 0 Å².